The van der Waals surface area contributed by atoms with E-state index in [-0.39, 0.29) is 10.8 Å². The van der Waals surface area contributed by atoms with Crippen LogP contribution in [0.2, 0.25) is 0 Å². The maximum absolute atomic E-state index is 2.46. The van der Waals surface area contributed by atoms with Gasteiger partial charge in [-0.15, -0.1) is 0 Å². The average Bonchev–Trinajstić information content (AvgIpc) is 3.40. The number of rotatable bonds is 5. The van der Waals surface area contributed by atoms with Gasteiger partial charge in [-0.05, 0) is 44.6 Å². The first-order valence-electron chi connectivity index (χ1n) is 13.4. The second-order valence-electron chi connectivity index (χ2n) is 15.1. The lowest BCUT2D eigenvalue weighted by Crippen LogP contribution is -2.44. The minimum atomic E-state index is 0.256. The van der Waals surface area contributed by atoms with Crippen molar-refractivity contribution >= 4 is 0 Å². The molecule has 0 radical (unpaired) electrons. The molecule has 186 valence electrons. The molecule has 4 rings (SSSR count). The van der Waals surface area contributed by atoms with Gasteiger partial charge in [-0.2, -0.15) is 9.13 Å². The molecular weight excluding hydrogens is 412 g/mol. The maximum atomic E-state index is 2.46. The number of hydrogen-bond acceptors (Lipinski definition) is 0. The topological polar surface area (TPSA) is 7.76 Å². The van der Waals surface area contributed by atoms with Crippen molar-refractivity contribution < 1.29 is 9.13 Å². The summed E-state index contributed by atoms with van der Waals surface area (Å²) in [7, 11) is 0. The molecule has 2 fully saturated rings. The molecule has 2 nitrogen and oxygen atoms in total. The van der Waals surface area contributed by atoms with Crippen LogP contribution in [0.3, 0.4) is 0 Å². The molecule has 0 saturated heterocycles. The summed E-state index contributed by atoms with van der Waals surface area (Å²) in [5, 5.41) is 0. The zero-order valence-electron chi connectivity index (χ0n) is 24.1. The maximum Gasteiger partial charge on any atom is 0.206 e. The highest BCUT2D eigenvalue weighted by atomic mass is 15.0. The molecule has 4 atom stereocenters. The van der Waals surface area contributed by atoms with Crippen molar-refractivity contribution in [3.63, 3.8) is 0 Å². The zero-order chi connectivity index (χ0) is 25.5. The molecule has 2 aromatic rings. The zero-order valence-corrected chi connectivity index (χ0v) is 24.1. The standard InChI is InChI=1S/C32H50N2/c1-27(2,3)25-29(7,8)31(25,11)23-13-17-33(18-14-23)21-22-34-19-15-24(16-20-34)32(12)26(28(4,5)6)30(32,9)10/h13-20,25-26H,21-22H2,1-12H3/q+2. The quantitative estimate of drug-likeness (QED) is 0.428. The van der Waals surface area contributed by atoms with Crippen molar-refractivity contribution in [3.05, 3.63) is 60.2 Å². The van der Waals surface area contributed by atoms with Crippen LogP contribution in [0.1, 0.15) is 94.2 Å². The van der Waals surface area contributed by atoms with Crippen LogP contribution < -0.4 is 9.13 Å². The van der Waals surface area contributed by atoms with E-state index in [4.69, 9.17) is 0 Å². The Morgan fingerprint density at radius 2 is 0.824 bits per heavy atom. The summed E-state index contributed by atoms with van der Waals surface area (Å²) in [5.41, 5.74) is 4.82. The highest BCUT2D eigenvalue weighted by Crippen LogP contribution is 2.75. The van der Waals surface area contributed by atoms with E-state index < -0.39 is 0 Å². The average molecular weight is 463 g/mol. The monoisotopic (exact) mass is 462 g/mol. The van der Waals surface area contributed by atoms with E-state index in [1.165, 1.54) is 11.1 Å². The third-order valence-corrected chi connectivity index (χ3v) is 10.4. The van der Waals surface area contributed by atoms with Crippen LogP contribution in [0.4, 0.5) is 0 Å². The first-order valence-corrected chi connectivity index (χ1v) is 13.4. The van der Waals surface area contributed by atoms with E-state index in [0.29, 0.717) is 33.5 Å². The van der Waals surface area contributed by atoms with Crippen LogP contribution >= 0.6 is 0 Å². The summed E-state index contributed by atoms with van der Waals surface area (Å²) in [4.78, 5) is 0. The van der Waals surface area contributed by atoms with Crippen LogP contribution in [0, 0.1) is 33.5 Å². The number of aromatic nitrogens is 2. The summed E-state index contributed by atoms with van der Waals surface area (Å²) in [6.07, 6.45) is 9.13. The molecule has 2 heteroatoms. The molecule has 0 amide bonds. The Kier molecular flexibility index (Phi) is 5.53. The van der Waals surface area contributed by atoms with Crippen molar-refractivity contribution in [1.29, 1.82) is 0 Å². The lowest BCUT2D eigenvalue weighted by molar-refractivity contribution is -0.778. The van der Waals surface area contributed by atoms with E-state index in [1.807, 2.05) is 0 Å². The summed E-state index contributed by atoms with van der Waals surface area (Å²) in [6.45, 7) is 31.0. The minimum Gasteiger partial charge on any atom is -0.198 e. The van der Waals surface area contributed by atoms with Crippen LogP contribution in [0.25, 0.3) is 0 Å². The van der Waals surface area contributed by atoms with Gasteiger partial charge in [0, 0.05) is 35.1 Å². The third-order valence-electron chi connectivity index (χ3n) is 10.4. The predicted octanol–water partition coefficient (Wildman–Crippen LogP) is 6.88. The highest BCUT2D eigenvalue weighted by molar-refractivity contribution is 5.39. The Morgan fingerprint density at radius 1 is 0.559 bits per heavy atom. The van der Waals surface area contributed by atoms with E-state index in [1.54, 1.807) is 0 Å². The predicted molar refractivity (Wildman–Crippen MR) is 141 cm³/mol. The number of pyridine rings is 2. The summed E-state index contributed by atoms with van der Waals surface area (Å²) < 4.78 is 4.66. The van der Waals surface area contributed by atoms with Gasteiger partial charge in [0.15, 0.2) is 24.8 Å². The minimum absolute atomic E-state index is 0.256. The van der Waals surface area contributed by atoms with Crippen molar-refractivity contribution in [2.24, 2.45) is 33.5 Å². The normalized spacial score (nSPS) is 31.9. The smallest absolute Gasteiger partial charge is 0.198 e. The first-order chi connectivity index (χ1) is 15.4. The summed E-state index contributed by atoms with van der Waals surface area (Å²) >= 11 is 0. The van der Waals surface area contributed by atoms with E-state index >= 15 is 0 Å². The molecule has 2 saturated carbocycles. The van der Waals surface area contributed by atoms with Crippen molar-refractivity contribution in [3.8, 4) is 0 Å². The van der Waals surface area contributed by atoms with Crippen LogP contribution in [-0.4, -0.2) is 0 Å². The van der Waals surface area contributed by atoms with Crippen LogP contribution in [-0.2, 0) is 23.9 Å². The van der Waals surface area contributed by atoms with Crippen LogP contribution in [0.15, 0.2) is 49.1 Å². The van der Waals surface area contributed by atoms with Gasteiger partial charge in [0.05, 0.1) is 0 Å². The Balaban J connectivity index is 1.42. The molecular formula is C32H50N2+2. The highest BCUT2D eigenvalue weighted by Gasteiger charge is 2.72. The van der Waals surface area contributed by atoms with Gasteiger partial charge in [-0.25, -0.2) is 0 Å². The second-order valence-corrected chi connectivity index (χ2v) is 15.1. The lowest BCUT2D eigenvalue weighted by Gasteiger charge is -2.22. The van der Waals surface area contributed by atoms with Gasteiger partial charge in [-0.3, -0.25) is 0 Å². The Labute approximate surface area is 209 Å². The fourth-order valence-electron chi connectivity index (χ4n) is 9.07. The molecule has 4 unspecified atom stereocenters. The van der Waals surface area contributed by atoms with Gasteiger partial charge >= 0.3 is 0 Å². The Bertz CT molecular complexity index is 959. The fourth-order valence-corrected chi connectivity index (χ4v) is 9.07. The van der Waals surface area contributed by atoms with Crippen molar-refractivity contribution in [1.82, 2.24) is 0 Å². The largest absolute Gasteiger partial charge is 0.206 e. The molecule has 2 aromatic heterocycles. The van der Waals surface area contributed by atoms with Crippen molar-refractivity contribution in [2.75, 3.05) is 0 Å². The van der Waals surface area contributed by atoms with E-state index in [2.05, 4.69) is 141 Å². The molecule has 34 heavy (non-hydrogen) atoms. The van der Waals surface area contributed by atoms with Gasteiger partial charge in [0.25, 0.3) is 0 Å². The fraction of sp³-hybridized carbons (Fsp3) is 0.688. The SMILES string of the molecule is CC(C)(C)C1C(C)(C)C1(C)c1cc[n+](CC[n+]2ccc(C3(C)C(C(C)(C)C)C3(C)C)cc2)cc1. The Morgan fingerprint density at radius 3 is 1.03 bits per heavy atom. The molecule has 0 aliphatic heterocycles. The number of nitrogens with zero attached hydrogens (tertiary/aromatic N) is 2. The summed E-state index contributed by atoms with van der Waals surface area (Å²) in [6, 6.07) is 9.46. The molecule has 2 aliphatic carbocycles. The second kappa shape index (κ2) is 7.40. The van der Waals surface area contributed by atoms with Gasteiger partial charge in [0.1, 0.15) is 0 Å². The molecule has 0 aromatic carbocycles. The molecule has 0 spiro atoms. The number of aryl methyl sites for hydroxylation is 2. The molecule has 2 heterocycles. The molecule has 0 bridgehead atoms. The Hall–Kier alpha value is -1.70. The van der Waals surface area contributed by atoms with Crippen LogP contribution in [0.5, 0.6) is 0 Å². The summed E-state index contributed by atoms with van der Waals surface area (Å²) in [5.74, 6) is 1.40. The van der Waals surface area contributed by atoms with Gasteiger partial charge < -0.3 is 0 Å². The third kappa shape index (κ3) is 3.58. The van der Waals surface area contributed by atoms with E-state index in [9.17, 15) is 0 Å². The lowest BCUT2D eigenvalue weighted by atomic mass is 9.82. The molecule has 2 aliphatic rings. The number of hydrogen-bond donors (Lipinski definition) is 0. The van der Waals surface area contributed by atoms with Crippen molar-refractivity contribution in [2.45, 2.75) is 107 Å². The van der Waals surface area contributed by atoms with Gasteiger partial charge in [0.2, 0.25) is 13.1 Å². The van der Waals surface area contributed by atoms with Gasteiger partial charge in [-0.1, -0.05) is 83.1 Å². The molecule has 0 N–H and O–H groups in total. The van der Waals surface area contributed by atoms with E-state index in [0.717, 1.165) is 13.1 Å². The first kappa shape index (κ1) is 25.4.